The average molecular weight is 494 g/mol. The molecule has 0 atom stereocenters. The van der Waals surface area contributed by atoms with E-state index in [0.717, 1.165) is 27.7 Å². The van der Waals surface area contributed by atoms with Crippen LogP contribution in [0.3, 0.4) is 0 Å². The molecule has 1 aliphatic rings. The van der Waals surface area contributed by atoms with Crippen LogP contribution in [0.4, 0.5) is 24.5 Å². The Morgan fingerprint density at radius 2 is 1.91 bits per heavy atom. The minimum absolute atomic E-state index is 0.102. The van der Waals surface area contributed by atoms with Crippen molar-refractivity contribution in [1.29, 1.82) is 0 Å². The average Bonchev–Trinajstić information content (AvgIpc) is 3.27. The van der Waals surface area contributed by atoms with Gasteiger partial charge in [0.2, 0.25) is 5.91 Å². The van der Waals surface area contributed by atoms with E-state index >= 15 is 0 Å². The van der Waals surface area contributed by atoms with E-state index in [9.17, 15) is 18.0 Å². The molecular weight excluding hydrogens is 471 g/mol. The number of aromatic nitrogens is 1. The van der Waals surface area contributed by atoms with Crippen molar-refractivity contribution in [2.45, 2.75) is 17.4 Å². The number of amides is 1. The highest BCUT2D eigenvalue weighted by molar-refractivity contribution is 8.01. The van der Waals surface area contributed by atoms with Crippen LogP contribution < -0.4 is 10.2 Å². The van der Waals surface area contributed by atoms with Crippen molar-refractivity contribution >= 4 is 40.4 Å². The summed E-state index contributed by atoms with van der Waals surface area (Å²) in [7, 11) is 0. The number of alkyl halides is 3. The summed E-state index contributed by atoms with van der Waals surface area (Å²) in [4.78, 5) is 19.0. The standard InChI is InChI=1S/C23H22F3N3O2S2/c1-15-2-4-16(5-3-15)19-13-32-22(28-19)33-14-21(30)27-18-7-6-17(23(24,25)26)12-20(18)29-8-10-31-11-9-29/h2-7,12-13H,8-11,14H2,1H3,(H,27,30). The first-order valence-corrected chi connectivity index (χ1v) is 12.2. The number of rotatable bonds is 6. The van der Waals surface area contributed by atoms with Gasteiger partial charge in [-0.3, -0.25) is 4.79 Å². The summed E-state index contributed by atoms with van der Waals surface area (Å²) in [6.07, 6.45) is -4.46. The summed E-state index contributed by atoms with van der Waals surface area (Å²) in [6.45, 7) is 3.78. The van der Waals surface area contributed by atoms with E-state index in [1.165, 1.54) is 34.7 Å². The van der Waals surface area contributed by atoms with E-state index in [1.54, 1.807) is 4.90 Å². The molecule has 1 saturated heterocycles. The molecule has 3 aromatic rings. The first kappa shape index (κ1) is 23.6. The molecular formula is C23H22F3N3O2S2. The first-order valence-electron chi connectivity index (χ1n) is 10.3. The normalized spacial score (nSPS) is 14.4. The molecule has 0 aliphatic carbocycles. The minimum atomic E-state index is -4.46. The lowest BCUT2D eigenvalue weighted by molar-refractivity contribution is -0.137. The fourth-order valence-corrected chi connectivity index (χ4v) is 5.01. The van der Waals surface area contributed by atoms with Gasteiger partial charge in [-0.15, -0.1) is 11.3 Å². The van der Waals surface area contributed by atoms with Crippen LogP contribution in [0.1, 0.15) is 11.1 Å². The van der Waals surface area contributed by atoms with Gasteiger partial charge < -0.3 is 15.0 Å². The van der Waals surface area contributed by atoms with Crippen LogP contribution in [0.5, 0.6) is 0 Å². The molecule has 1 aliphatic heterocycles. The number of halogens is 3. The molecule has 2 heterocycles. The molecule has 2 aromatic carbocycles. The molecule has 0 unspecified atom stereocenters. The highest BCUT2D eigenvalue weighted by Gasteiger charge is 2.32. The van der Waals surface area contributed by atoms with Crippen molar-refractivity contribution in [2.75, 3.05) is 42.3 Å². The highest BCUT2D eigenvalue weighted by atomic mass is 32.2. The third kappa shape index (κ3) is 6.07. The second-order valence-electron chi connectivity index (χ2n) is 7.53. The molecule has 10 heteroatoms. The van der Waals surface area contributed by atoms with E-state index in [2.05, 4.69) is 10.3 Å². The molecule has 5 nitrogen and oxygen atoms in total. The summed E-state index contributed by atoms with van der Waals surface area (Å²) in [5, 5.41) is 4.71. The summed E-state index contributed by atoms with van der Waals surface area (Å²) in [6, 6.07) is 11.4. The van der Waals surface area contributed by atoms with Gasteiger partial charge in [-0.1, -0.05) is 41.6 Å². The molecule has 174 valence electrons. The van der Waals surface area contributed by atoms with Gasteiger partial charge in [0.05, 0.1) is 41.6 Å². The lowest BCUT2D eigenvalue weighted by Gasteiger charge is -2.31. The molecule has 1 amide bonds. The van der Waals surface area contributed by atoms with Gasteiger partial charge in [-0.05, 0) is 25.1 Å². The number of carbonyl (C=O) groups is 1. The number of anilines is 2. The highest BCUT2D eigenvalue weighted by Crippen LogP contribution is 2.36. The van der Waals surface area contributed by atoms with Crippen molar-refractivity contribution < 1.29 is 22.7 Å². The summed E-state index contributed by atoms with van der Waals surface area (Å²) in [5.41, 5.74) is 2.98. The van der Waals surface area contributed by atoms with Gasteiger partial charge in [-0.25, -0.2) is 4.98 Å². The van der Waals surface area contributed by atoms with E-state index < -0.39 is 11.7 Å². The summed E-state index contributed by atoms with van der Waals surface area (Å²) < 4.78 is 45.8. The number of thioether (sulfide) groups is 1. The maximum Gasteiger partial charge on any atom is 0.416 e. The smallest absolute Gasteiger partial charge is 0.378 e. The second kappa shape index (κ2) is 10.1. The van der Waals surface area contributed by atoms with Gasteiger partial charge in [0, 0.05) is 24.0 Å². The monoisotopic (exact) mass is 493 g/mol. The Balaban J connectivity index is 1.43. The summed E-state index contributed by atoms with van der Waals surface area (Å²) in [5.74, 6) is -0.203. The molecule has 0 radical (unpaired) electrons. The molecule has 0 spiro atoms. The Kier molecular flexibility index (Phi) is 7.26. The van der Waals surface area contributed by atoms with E-state index in [-0.39, 0.29) is 11.7 Å². The van der Waals surface area contributed by atoms with E-state index in [0.29, 0.717) is 37.7 Å². The predicted molar refractivity (Wildman–Crippen MR) is 126 cm³/mol. The predicted octanol–water partition coefficient (Wildman–Crippen LogP) is 5.70. The number of hydrogen-bond donors (Lipinski definition) is 1. The number of ether oxygens (including phenoxy) is 1. The Labute approximate surface area is 198 Å². The van der Waals surface area contributed by atoms with Crippen molar-refractivity contribution in [3.63, 3.8) is 0 Å². The van der Waals surface area contributed by atoms with Crippen molar-refractivity contribution in [3.8, 4) is 11.3 Å². The maximum atomic E-state index is 13.2. The van der Waals surface area contributed by atoms with Crippen LogP contribution >= 0.6 is 23.1 Å². The molecule has 1 aromatic heterocycles. The number of nitrogens with one attached hydrogen (secondary N) is 1. The Bertz CT molecular complexity index is 1110. The molecule has 1 N–H and O–H groups in total. The fourth-order valence-electron chi connectivity index (χ4n) is 3.37. The Hall–Kier alpha value is -2.56. The topological polar surface area (TPSA) is 54.5 Å². The molecule has 4 rings (SSSR count). The maximum absolute atomic E-state index is 13.2. The number of thiazole rings is 1. The quantitative estimate of drug-likeness (QED) is 0.446. The number of aryl methyl sites for hydroxylation is 1. The van der Waals surface area contributed by atoms with Gasteiger partial charge in [0.25, 0.3) is 0 Å². The van der Waals surface area contributed by atoms with Crippen molar-refractivity contribution in [2.24, 2.45) is 0 Å². The van der Waals surface area contributed by atoms with Crippen LogP contribution in [0, 0.1) is 6.92 Å². The number of benzene rings is 2. The molecule has 0 bridgehead atoms. The third-order valence-corrected chi connectivity index (χ3v) is 7.13. The second-order valence-corrected chi connectivity index (χ2v) is 9.61. The zero-order chi connectivity index (χ0) is 23.4. The number of morpholine rings is 1. The Morgan fingerprint density at radius 3 is 2.61 bits per heavy atom. The number of carbonyl (C=O) groups excluding carboxylic acids is 1. The van der Waals surface area contributed by atoms with Gasteiger partial charge >= 0.3 is 6.18 Å². The zero-order valence-electron chi connectivity index (χ0n) is 17.8. The van der Waals surface area contributed by atoms with Crippen molar-refractivity contribution in [3.05, 3.63) is 59.0 Å². The lowest BCUT2D eigenvalue weighted by Crippen LogP contribution is -2.37. The third-order valence-electron chi connectivity index (χ3n) is 5.11. The number of nitrogens with zero attached hydrogens (tertiary/aromatic N) is 2. The Morgan fingerprint density at radius 1 is 1.18 bits per heavy atom. The minimum Gasteiger partial charge on any atom is -0.378 e. The first-order chi connectivity index (χ1) is 15.8. The fraction of sp³-hybridized carbons (Fsp3) is 0.304. The van der Waals surface area contributed by atoms with Crippen LogP contribution in [-0.4, -0.2) is 42.9 Å². The van der Waals surface area contributed by atoms with Crippen LogP contribution in [-0.2, 0) is 15.7 Å². The van der Waals surface area contributed by atoms with Crippen LogP contribution in [0.15, 0.2) is 52.2 Å². The van der Waals surface area contributed by atoms with Gasteiger partial charge in [-0.2, -0.15) is 13.2 Å². The van der Waals surface area contributed by atoms with E-state index in [4.69, 9.17) is 4.74 Å². The molecule has 33 heavy (non-hydrogen) atoms. The van der Waals surface area contributed by atoms with Crippen LogP contribution in [0.25, 0.3) is 11.3 Å². The van der Waals surface area contributed by atoms with Gasteiger partial charge in [0.15, 0.2) is 4.34 Å². The van der Waals surface area contributed by atoms with Crippen molar-refractivity contribution in [1.82, 2.24) is 4.98 Å². The zero-order valence-corrected chi connectivity index (χ0v) is 19.4. The number of hydrogen-bond acceptors (Lipinski definition) is 6. The van der Waals surface area contributed by atoms with Crippen LogP contribution in [0.2, 0.25) is 0 Å². The largest absolute Gasteiger partial charge is 0.416 e. The SMILES string of the molecule is Cc1ccc(-c2csc(SCC(=O)Nc3ccc(C(F)(F)F)cc3N3CCOCC3)n2)cc1. The van der Waals surface area contributed by atoms with E-state index in [1.807, 2.05) is 36.6 Å². The lowest BCUT2D eigenvalue weighted by atomic mass is 10.1. The van der Waals surface area contributed by atoms with Gasteiger partial charge in [0.1, 0.15) is 0 Å². The molecule has 1 fully saturated rings. The summed E-state index contributed by atoms with van der Waals surface area (Å²) >= 11 is 2.75. The molecule has 0 saturated carbocycles.